The molecule has 3 heterocycles. The fraction of sp³-hybridized carbons (Fsp3) is 0.452. The zero-order chi connectivity index (χ0) is 26.8. The molecule has 0 bridgehead atoms. The zero-order valence-electron chi connectivity index (χ0n) is 22.3. The lowest BCUT2D eigenvalue weighted by atomic mass is 9.90. The number of H-pyrrole nitrogens is 1. The second kappa shape index (κ2) is 11.1. The van der Waals surface area contributed by atoms with Crippen molar-refractivity contribution in [1.82, 2.24) is 24.7 Å². The number of urea groups is 1. The number of imidazole rings is 1. The van der Waals surface area contributed by atoms with Gasteiger partial charge >= 0.3 is 11.7 Å². The third kappa shape index (κ3) is 5.79. The smallest absolute Gasteiger partial charge is 0.326 e. The van der Waals surface area contributed by atoms with Gasteiger partial charge in [0.15, 0.2) is 0 Å². The fourth-order valence-corrected chi connectivity index (χ4v) is 6.12. The van der Waals surface area contributed by atoms with Crippen LogP contribution in [0.1, 0.15) is 56.0 Å². The summed E-state index contributed by atoms with van der Waals surface area (Å²) < 4.78 is 1.77. The first-order chi connectivity index (χ1) is 19.0. The molecule has 6 rings (SSSR count). The number of nitrogens with zero attached hydrogens (tertiary/aromatic N) is 3. The Bertz CT molecular complexity index is 1340. The SMILES string of the molecule is O=C(N[C@@H]1C[C@H](c2ccccc2)CCN(CC2CC2)C1=O)N1CCC(n2cc(-c3ccccc3)[nH]c2=O)CC1. The van der Waals surface area contributed by atoms with Crippen molar-refractivity contribution in [2.45, 2.75) is 56.5 Å². The van der Waals surface area contributed by atoms with E-state index in [1.54, 1.807) is 9.47 Å². The predicted molar refractivity (Wildman–Crippen MR) is 150 cm³/mol. The normalized spacial score (nSPS) is 22.5. The monoisotopic (exact) mass is 527 g/mol. The summed E-state index contributed by atoms with van der Waals surface area (Å²) in [5.74, 6) is 0.891. The Hall–Kier alpha value is -3.81. The van der Waals surface area contributed by atoms with Gasteiger partial charge in [0.2, 0.25) is 5.91 Å². The maximum Gasteiger partial charge on any atom is 0.326 e. The highest BCUT2D eigenvalue weighted by Gasteiger charge is 2.37. The number of aromatic nitrogens is 2. The Labute approximate surface area is 229 Å². The second-order valence-electron chi connectivity index (χ2n) is 11.3. The van der Waals surface area contributed by atoms with Crippen LogP contribution in [-0.2, 0) is 4.79 Å². The number of likely N-dealkylation sites (tertiary alicyclic amines) is 2. The summed E-state index contributed by atoms with van der Waals surface area (Å²) in [6.45, 7) is 2.63. The molecule has 2 saturated heterocycles. The number of nitrogens with one attached hydrogen (secondary N) is 2. The van der Waals surface area contributed by atoms with Gasteiger partial charge in [-0.3, -0.25) is 9.36 Å². The van der Waals surface area contributed by atoms with E-state index in [9.17, 15) is 14.4 Å². The van der Waals surface area contributed by atoms with Crippen molar-refractivity contribution in [2.24, 2.45) is 5.92 Å². The van der Waals surface area contributed by atoms with E-state index < -0.39 is 6.04 Å². The first-order valence-electron chi connectivity index (χ1n) is 14.3. The Morgan fingerprint density at radius 2 is 1.56 bits per heavy atom. The minimum atomic E-state index is -0.526. The lowest BCUT2D eigenvalue weighted by Crippen LogP contribution is -2.53. The van der Waals surface area contributed by atoms with Crippen LogP contribution in [-0.4, -0.2) is 63.5 Å². The van der Waals surface area contributed by atoms with E-state index >= 15 is 0 Å². The summed E-state index contributed by atoms with van der Waals surface area (Å²) >= 11 is 0. The second-order valence-corrected chi connectivity index (χ2v) is 11.3. The van der Waals surface area contributed by atoms with E-state index in [-0.39, 0.29) is 29.6 Å². The first kappa shape index (κ1) is 25.5. The molecule has 204 valence electrons. The highest BCUT2D eigenvalue weighted by atomic mass is 16.2. The van der Waals surface area contributed by atoms with E-state index in [0.717, 1.165) is 30.8 Å². The predicted octanol–water partition coefficient (Wildman–Crippen LogP) is 4.37. The maximum absolute atomic E-state index is 13.5. The molecule has 1 aliphatic carbocycles. The summed E-state index contributed by atoms with van der Waals surface area (Å²) in [5, 5.41) is 3.11. The minimum absolute atomic E-state index is 0.0336. The van der Waals surface area contributed by atoms with Gasteiger partial charge in [-0.1, -0.05) is 60.7 Å². The van der Waals surface area contributed by atoms with Crippen molar-refractivity contribution in [1.29, 1.82) is 0 Å². The van der Waals surface area contributed by atoms with Crippen molar-refractivity contribution in [2.75, 3.05) is 26.2 Å². The molecule has 1 saturated carbocycles. The van der Waals surface area contributed by atoms with E-state index in [2.05, 4.69) is 22.4 Å². The number of carbonyl (C=O) groups is 2. The highest BCUT2D eigenvalue weighted by Crippen LogP contribution is 2.33. The van der Waals surface area contributed by atoms with Crippen molar-refractivity contribution in [3.05, 3.63) is 82.9 Å². The summed E-state index contributed by atoms with van der Waals surface area (Å²) in [5.41, 5.74) is 2.88. The van der Waals surface area contributed by atoms with E-state index in [0.29, 0.717) is 38.3 Å². The molecular weight excluding hydrogens is 490 g/mol. The van der Waals surface area contributed by atoms with Gasteiger partial charge in [-0.15, -0.1) is 0 Å². The Morgan fingerprint density at radius 1 is 0.872 bits per heavy atom. The molecule has 3 fully saturated rings. The van der Waals surface area contributed by atoms with Gasteiger partial charge in [-0.2, -0.15) is 0 Å². The third-order valence-electron chi connectivity index (χ3n) is 8.60. The van der Waals surface area contributed by atoms with Gasteiger partial charge < -0.3 is 20.1 Å². The van der Waals surface area contributed by atoms with Crippen molar-refractivity contribution in [3.8, 4) is 11.3 Å². The summed E-state index contributed by atoms with van der Waals surface area (Å²) in [7, 11) is 0. The molecule has 8 nitrogen and oxygen atoms in total. The number of hydrogen-bond donors (Lipinski definition) is 2. The molecule has 2 atom stereocenters. The first-order valence-corrected chi connectivity index (χ1v) is 14.3. The average Bonchev–Trinajstić information content (AvgIpc) is 3.74. The van der Waals surface area contributed by atoms with Crippen molar-refractivity contribution in [3.63, 3.8) is 0 Å². The van der Waals surface area contributed by atoms with Crippen LogP contribution >= 0.6 is 0 Å². The zero-order valence-corrected chi connectivity index (χ0v) is 22.3. The topological polar surface area (TPSA) is 90.4 Å². The molecular formula is C31H37N5O3. The van der Waals surface area contributed by atoms with Crippen LogP contribution in [0.2, 0.25) is 0 Å². The Balaban J connectivity index is 1.10. The van der Waals surface area contributed by atoms with E-state index in [4.69, 9.17) is 0 Å². The number of carbonyl (C=O) groups excluding carboxylic acids is 2. The molecule has 0 spiro atoms. The number of amides is 3. The molecule has 2 aliphatic heterocycles. The summed E-state index contributed by atoms with van der Waals surface area (Å²) in [6, 6.07) is 19.5. The summed E-state index contributed by atoms with van der Waals surface area (Å²) in [4.78, 5) is 46.4. The Morgan fingerprint density at radius 3 is 2.26 bits per heavy atom. The van der Waals surface area contributed by atoms with Gasteiger partial charge in [-0.25, -0.2) is 9.59 Å². The van der Waals surface area contributed by atoms with Gasteiger partial charge in [0, 0.05) is 38.4 Å². The van der Waals surface area contributed by atoms with Gasteiger partial charge in [0.1, 0.15) is 6.04 Å². The largest absolute Gasteiger partial charge is 0.341 e. The number of benzene rings is 2. The quantitative estimate of drug-likeness (QED) is 0.499. The molecule has 3 amide bonds. The molecule has 3 aromatic rings. The van der Waals surface area contributed by atoms with Crippen molar-refractivity contribution < 1.29 is 9.59 Å². The molecule has 0 unspecified atom stereocenters. The molecule has 1 aromatic heterocycles. The number of piperidine rings is 1. The maximum atomic E-state index is 13.5. The van der Waals surface area contributed by atoms with Crippen LogP contribution in [0.5, 0.6) is 0 Å². The number of rotatable bonds is 6. The summed E-state index contributed by atoms with van der Waals surface area (Å²) in [6.07, 6.45) is 7.19. The van der Waals surface area contributed by atoms with E-state index in [1.165, 1.54) is 18.4 Å². The minimum Gasteiger partial charge on any atom is -0.341 e. The van der Waals surface area contributed by atoms with Crippen LogP contribution in [0.25, 0.3) is 11.3 Å². The van der Waals surface area contributed by atoms with Crippen LogP contribution < -0.4 is 11.0 Å². The lowest BCUT2D eigenvalue weighted by Gasteiger charge is -2.34. The third-order valence-corrected chi connectivity index (χ3v) is 8.60. The van der Waals surface area contributed by atoms with Crippen LogP contribution in [0.15, 0.2) is 71.7 Å². The molecule has 3 aliphatic rings. The molecule has 2 aromatic carbocycles. The highest BCUT2D eigenvalue weighted by molar-refractivity contribution is 5.87. The number of aromatic amines is 1. The molecule has 2 N–H and O–H groups in total. The van der Waals surface area contributed by atoms with Crippen LogP contribution in [0.4, 0.5) is 4.79 Å². The van der Waals surface area contributed by atoms with Gasteiger partial charge in [-0.05, 0) is 61.5 Å². The Kier molecular flexibility index (Phi) is 7.26. The number of hydrogen-bond acceptors (Lipinski definition) is 3. The van der Waals surface area contributed by atoms with Crippen LogP contribution in [0.3, 0.4) is 0 Å². The molecule has 0 radical (unpaired) electrons. The molecule has 8 heteroatoms. The lowest BCUT2D eigenvalue weighted by molar-refractivity contribution is -0.133. The van der Waals surface area contributed by atoms with E-state index in [1.807, 2.05) is 59.6 Å². The van der Waals surface area contributed by atoms with Crippen LogP contribution in [0, 0.1) is 5.92 Å². The molecule has 39 heavy (non-hydrogen) atoms. The van der Waals surface area contributed by atoms with Gasteiger partial charge in [0.05, 0.1) is 5.69 Å². The fourth-order valence-electron chi connectivity index (χ4n) is 6.12. The average molecular weight is 528 g/mol. The van der Waals surface area contributed by atoms with Crippen molar-refractivity contribution >= 4 is 11.9 Å². The van der Waals surface area contributed by atoms with Gasteiger partial charge in [0.25, 0.3) is 0 Å². The standard InChI is InChI=1S/C31H37N5O3/c37-29-27(19-25(23-7-3-1-4-8-23)13-16-35(29)20-22-11-12-22)32-30(38)34-17-14-26(15-18-34)36-21-28(33-31(36)39)24-9-5-2-6-10-24/h1-10,21-22,25-27H,11-20H2,(H,32,38)(H,33,39)/t25-,27-/m1/s1.